The molecule has 0 spiro atoms. The van der Waals surface area contributed by atoms with Gasteiger partial charge >= 0.3 is 5.91 Å². The van der Waals surface area contributed by atoms with E-state index in [9.17, 15) is 9.18 Å². The fourth-order valence-electron chi connectivity index (χ4n) is 4.79. The Labute approximate surface area is 193 Å². The Morgan fingerprint density at radius 2 is 2.15 bits per heavy atom. The monoisotopic (exact) mass is 451 g/mol. The van der Waals surface area contributed by atoms with Crippen LogP contribution in [0.15, 0.2) is 45.9 Å². The normalized spacial score (nSPS) is 17.4. The molecule has 1 unspecified atom stereocenters. The lowest BCUT2D eigenvalue weighted by Crippen LogP contribution is -2.48. The smallest absolute Gasteiger partial charge is 0.307 e. The van der Waals surface area contributed by atoms with Gasteiger partial charge in [-0.1, -0.05) is 26.0 Å². The van der Waals surface area contributed by atoms with E-state index in [-0.39, 0.29) is 23.0 Å². The molecule has 4 rings (SSSR count). The fourth-order valence-corrected chi connectivity index (χ4v) is 4.79. The van der Waals surface area contributed by atoms with Gasteiger partial charge in [-0.25, -0.2) is 9.82 Å². The summed E-state index contributed by atoms with van der Waals surface area (Å²) in [6.45, 7) is 9.58. The van der Waals surface area contributed by atoms with Gasteiger partial charge in [0.25, 0.3) is 0 Å². The predicted molar refractivity (Wildman–Crippen MR) is 129 cm³/mol. The Morgan fingerprint density at radius 3 is 2.88 bits per heavy atom. The molecule has 1 aliphatic rings. The molecule has 1 aromatic heterocycles. The maximum absolute atomic E-state index is 15.0. The van der Waals surface area contributed by atoms with Crippen LogP contribution in [0.4, 0.5) is 10.1 Å². The second kappa shape index (κ2) is 8.89. The molecule has 0 aliphatic carbocycles. The van der Waals surface area contributed by atoms with Crippen LogP contribution in [-0.4, -0.2) is 31.3 Å². The third kappa shape index (κ3) is 4.32. The summed E-state index contributed by atoms with van der Waals surface area (Å²) in [6, 6.07) is 10.5. The summed E-state index contributed by atoms with van der Waals surface area (Å²) >= 11 is 0. The number of halogens is 1. The summed E-state index contributed by atoms with van der Waals surface area (Å²) in [7, 11) is 1.54. The van der Waals surface area contributed by atoms with E-state index in [1.54, 1.807) is 18.2 Å². The highest BCUT2D eigenvalue weighted by Crippen LogP contribution is 2.44. The van der Waals surface area contributed by atoms with Gasteiger partial charge in [-0.15, -0.1) is 0 Å². The third-order valence-corrected chi connectivity index (χ3v) is 6.27. The van der Waals surface area contributed by atoms with Crippen molar-refractivity contribution in [3.8, 4) is 5.75 Å². The van der Waals surface area contributed by atoms with Crippen LogP contribution in [0.1, 0.15) is 68.1 Å². The number of furan rings is 1. The molecule has 3 aromatic rings. The van der Waals surface area contributed by atoms with Crippen molar-refractivity contribution in [1.29, 1.82) is 0 Å². The number of anilines is 1. The first kappa shape index (κ1) is 22.8. The van der Waals surface area contributed by atoms with Gasteiger partial charge in [0, 0.05) is 28.7 Å². The molecule has 2 heterocycles. The maximum Gasteiger partial charge on any atom is 0.307 e. The number of fused-ring (bicyclic) bond motifs is 2. The Kier molecular flexibility index (Phi) is 6.15. The predicted octanol–water partition coefficient (Wildman–Crippen LogP) is 5.85. The number of carbonyl (C=O) groups excluding carboxylic acids is 1. The number of nitrogens with one attached hydrogen (secondary N) is 1. The molecular weight excluding hydrogens is 421 g/mol. The lowest BCUT2D eigenvalue weighted by molar-refractivity contribution is 0.0929. The van der Waals surface area contributed by atoms with Crippen LogP contribution in [-0.2, 0) is 0 Å². The van der Waals surface area contributed by atoms with Gasteiger partial charge in [-0.2, -0.15) is 5.10 Å². The topological polar surface area (TPSA) is 67.1 Å². The second-order valence-electron chi connectivity index (χ2n) is 9.19. The number of rotatable bonds is 6. The van der Waals surface area contributed by atoms with Crippen LogP contribution in [0.25, 0.3) is 11.0 Å². The molecule has 1 atom stereocenters. The SMILES string of the molecule is CCCN1c2cc(F)c(/C=N\NC(=O)c3cc4cccc(OC)c4o3)cc2C(C)CC1(C)C. The second-order valence-corrected chi connectivity index (χ2v) is 9.19. The number of amides is 1. The van der Waals surface area contributed by atoms with Crippen molar-refractivity contribution >= 4 is 28.8 Å². The number of para-hydroxylation sites is 1. The van der Waals surface area contributed by atoms with Gasteiger partial charge in [0.2, 0.25) is 0 Å². The zero-order valence-corrected chi connectivity index (χ0v) is 19.7. The molecule has 0 fully saturated rings. The Hall–Kier alpha value is -3.35. The van der Waals surface area contributed by atoms with Gasteiger partial charge in [-0.3, -0.25) is 4.79 Å². The first-order valence-electron chi connectivity index (χ1n) is 11.3. The third-order valence-electron chi connectivity index (χ3n) is 6.27. The Balaban J connectivity index is 1.56. The van der Waals surface area contributed by atoms with Gasteiger partial charge in [0.05, 0.1) is 13.3 Å². The van der Waals surface area contributed by atoms with Crippen LogP contribution in [0.5, 0.6) is 5.75 Å². The zero-order chi connectivity index (χ0) is 23.8. The number of hydrogen-bond donors (Lipinski definition) is 1. The molecule has 0 radical (unpaired) electrons. The number of ether oxygens (including phenoxy) is 1. The molecule has 1 N–H and O–H groups in total. The summed E-state index contributed by atoms with van der Waals surface area (Å²) in [5.74, 6) is 0.0403. The van der Waals surface area contributed by atoms with Crippen LogP contribution < -0.4 is 15.1 Å². The summed E-state index contributed by atoms with van der Waals surface area (Å²) < 4.78 is 25.9. The minimum atomic E-state index is -0.521. The molecule has 1 amide bonds. The average Bonchev–Trinajstić information content (AvgIpc) is 3.21. The average molecular weight is 452 g/mol. The number of hydrogen-bond acceptors (Lipinski definition) is 5. The van der Waals surface area contributed by atoms with Crippen LogP contribution in [0.3, 0.4) is 0 Å². The van der Waals surface area contributed by atoms with E-state index >= 15 is 0 Å². The van der Waals surface area contributed by atoms with Crippen LogP contribution >= 0.6 is 0 Å². The van der Waals surface area contributed by atoms with Crippen molar-refractivity contribution in [2.24, 2.45) is 5.10 Å². The number of benzene rings is 2. The minimum absolute atomic E-state index is 0.0340. The maximum atomic E-state index is 15.0. The zero-order valence-electron chi connectivity index (χ0n) is 19.7. The standard InChI is InChI=1S/C26H30FN3O3/c1-6-10-30-21-13-20(27)18(11-19(21)16(2)14-26(30,3)4)15-28-29-25(31)23-12-17-8-7-9-22(32-5)24(17)33-23/h7-9,11-13,15-16H,6,10,14H2,1-5H3,(H,29,31)/b28-15-. The molecule has 6 nitrogen and oxygen atoms in total. The van der Waals surface area contributed by atoms with E-state index in [0.29, 0.717) is 16.9 Å². The quantitative estimate of drug-likeness (QED) is 0.377. The largest absolute Gasteiger partial charge is 0.493 e. The van der Waals surface area contributed by atoms with Gasteiger partial charge in [0.15, 0.2) is 17.1 Å². The summed E-state index contributed by atoms with van der Waals surface area (Å²) in [6.07, 6.45) is 3.31. The summed E-state index contributed by atoms with van der Waals surface area (Å²) in [4.78, 5) is 14.8. The van der Waals surface area contributed by atoms with Crippen LogP contribution in [0.2, 0.25) is 0 Å². The Morgan fingerprint density at radius 1 is 1.36 bits per heavy atom. The highest BCUT2D eigenvalue weighted by Gasteiger charge is 2.36. The molecule has 174 valence electrons. The summed E-state index contributed by atoms with van der Waals surface area (Å²) in [5, 5.41) is 4.73. The molecular formula is C26H30FN3O3. The first-order valence-corrected chi connectivity index (χ1v) is 11.3. The highest BCUT2D eigenvalue weighted by molar-refractivity contribution is 5.97. The number of carbonyl (C=O) groups is 1. The van der Waals surface area contributed by atoms with E-state index in [1.165, 1.54) is 13.3 Å². The minimum Gasteiger partial charge on any atom is -0.493 e. The van der Waals surface area contributed by atoms with Crippen molar-refractivity contribution in [3.05, 3.63) is 59.1 Å². The number of nitrogens with zero attached hydrogens (tertiary/aromatic N) is 2. The first-order chi connectivity index (χ1) is 15.7. The molecule has 33 heavy (non-hydrogen) atoms. The van der Waals surface area contributed by atoms with Crippen molar-refractivity contribution in [2.75, 3.05) is 18.6 Å². The number of methoxy groups -OCH3 is 1. The fraction of sp³-hybridized carbons (Fsp3) is 0.385. The molecule has 0 saturated heterocycles. The van der Waals surface area contributed by atoms with E-state index in [2.05, 4.69) is 43.1 Å². The Bertz CT molecular complexity index is 1210. The number of hydrazone groups is 1. The van der Waals surface area contributed by atoms with Crippen LogP contribution in [0, 0.1) is 5.82 Å². The molecule has 0 saturated carbocycles. The van der Waals surface area contributed by atoms with Crippen molar-refractivity contribution in [2.45, 2.75) is 52.0 Å². The molecule has 7 heteroatoms. The molecule has 2 aromatic carbocycles. The van der Waals surface area contributed by atoms with Crippen molar-refractivity contribution < 1.29 is 18.3 Å². The van der Waals surface area contributed by atoms with E-state index in [0.717, 1.165) is 36.0 Å². The van der Waals surface area contributed by atoms with Crippen molar-refractivity contribution in [3.63, 3.8) is 0 Å². The van der Waals surface area contributed by atoms with Crippen molar-refractivity contribution in [1.82, 2.24) is 5.43 Å². The van der Waals surface area contributed by atoms with Gasteiger partial charge in [-0.05, 0) is 62.4 Å². The molecule has 0 bridgehead atoms. The van der Waals surface area contributed by atoms with E-state index < -0.39 is 5.91 Å². The van der Waals surface area contributed by atoms with Gasteiger partial charge < -0.3 is 14.1 Å². The lowest BCUT2D eigenvalue weighted by atomic mass is 9.79. The lowest BCUT2D eigenvalue weighted by Gasteiger charge is -2.47. The van der Waals surface area contributed by atoms with Gasteiger partial charge in [0.1, 0.15) is 5.82 Å². The molecule has 1 aliphatic heterocycles. The summed E-state index contributed by atoms with van der Waals surface area (Å²) in [5.41, 5.74) is 5.26. The van der Waals surface area contributed by atoms with E-state index in [4.69, 9.17) is 9.15 Å². The highest BCUT2D eigenvalue weighted by atomic mass is 19.1. The van der Waals surface area contributed by atoms with E-state index in [1.807, 2.05) is 18.2 Å².